The lowest BCUT2D eigenvalue weighted by Crippen LogP contribution is -2.33. The first-order chi connectivity index (χ1) is 10.1. The number of carbonyl (C=O) groups is 1. The first-order valence-corrected chi connectivity index (χ1v) is 7.85. The van der Waals surface area contributed by atoms with Gasteiger partial charge in [0.2, 0.25) is 5.91 Å². The van der Waals surface area contributed by atoms with Crippen LogP contribution in [0.1, 0.15) is 13.8 Å². The number of rotatable bonds is 6. The first-order valence-electron chi connectivity index (χ1n) is 6.86. The van der Waals surface area contributed by atoms with Crippen molar-refractivity contribution in [3.05, 3.63) is 42.7 Å². The van der Waals surface area contributed by atoms with E-state index in [9.17, 15) is 4.79 Å². The molecule has 2 aromatic rings. The topological polar surface area (TPSA) is 46.1 Å². The zero-order chi connectivity index (χ0) is 15.2. The predicted molar refractivity (Wildman–Crippen MR) is 87.3 cm³/mol. The van der Waals surface area contributed by atoms with E-state index in [4.69, 9.17) is 0 Å². The molecule has 4 nitrogen and oxygen atoms in total. The number of thioether (sulfide) groups is 1. The minimum absolute atomic E-state index is 0.105. The number of fused-ring (bicyclic) bond motifs is 1. The van der Waals surface area contributed by atoms with Gasteiger partial charge in [-0.15, -0.1) is 0 Å². The molecular formula is C16H19N3OS. The monoisotopic (exact) mass is 301 g/mol. The molecule has 0 aliphatic carbocycles. The van der Waals surface area contributed by atoms with E-state index in [-0.39, 0.29) is 5.91 Å². The minimum atomic E-state index is 0.105. The Morgan fingerprint density at radius 2 is 2.10 bits per heavy atom. The Morgan fingerprint density at radius 3 is 2.81 bits per heavy atom. The molecule has 0 spiro atoms. The molecule has 2 rings (SSSR count). The summed E-state index contributed by atoms with van der Waals surface area (Å²) < 4.78 is 0. The fourth-order valence-corrected chi connectivity index (χ4v) is 2.91. The largest absolute Gasteiger partial charge is 0.338 e. The zero-order valence-corrected chi connectivity index (χ0v) is 13.2. The summed E-state index contributed by atoms with van der Waals surface area (Å²) in [6, 6.07) is 7.83. The van der Waals surface area contributed by atoms with Crippen LogP contribution in [0.2, 0.25) is 0 Å². The van der Waals surface area contributed by atoms with Crippen molar-refractivity contribution >= 4 is 28.6 Å². The predicted octanol–water partition coefficient (Wildman–Crippen LogP) is 3.15. The molecule has 0 saturated carbocycles. The van der Waals surface area contributed by atoms with Gasteiger partial charge in [0.1, 0.15) is 11.4 Å². The third kappa shape index (κ3) is 4.04. The molecule has 0 bridgehead atoms. The highest BCUT2D eigenvalue weighted by molar-refractivity contribution is 8.00. The van der Waals surface area contributed by atoms with Crippen LogP contribution >= 0.6 is 11.8 Å². The van der Waals surface area contributed by atoms with Gasteiger partial charge in [0.05, 0.1) is 11.3 Å². The SMILES string of the molecule is C=C(C)CN(CC)C(=O)CSc1ncnc2ccccc12. The van der Waals surface area contributed by atoms with Crippen molar-refractivity contribution in [2.75, 3.05) is 18.8 Å². The quantitative estimate of drug-likeness (QED) is 0.467. The zero-order valence-electron chi connectivity index (χ0n) is 12.4. The van der Waals surface area contributed by atoms with Gasteiger partial charge in [-0.1, -0.05) is 42.1 Å². The average Bonchev–Trinajstić information content (AvgIpc) is 2.50. The molecule has 21 heavy (non-hydrogen) atoms. The smallest absolute Gasteiger partial charge is 0.233 e. The molecule has 1 aromatic heterocycles. The lowest BCUT2D eigenvalue weighted by Gasteiger charge is -2.20. The van der Waals surface area contributed by atoms with Gasteiger partial charge in [-0.3, -0.25) is 4.79 Å². The number of nitrogens with zero attached hydrogens (tertiary/aromatic N) is 3. The van der Waals surface area contributed by atoms with Gasteiger partial charge in [0.15, 0.2) is 0 Å². The number of aromatic nitrogens is 2. The molecule has 5 heteroatoms. The number of hydrogen-bond acceptors (Lipinski definition) is 4. The maximum absolute atomic E-state index is 12.2. The lowest BCUT2D eigenvalue weighted by molar-refractivity contribution is -0.127. The Kier molecular flexibility index (Phi) is 5.33. The van der Waals surface area contributed by atoms with E-state index in [1.165, 1.54) is 11.8 Å². The van der Waals surface area contributed by atoms with Gasteiger partial charge in [-0.2, -0.15) is 0 Å². The molecule has 0 unspecified atom stereocenters. The Morgan fingerprint density at radius 1 is 1.33 bits per heavy atom. The number of para-hydroxylation sites is 1. The molecular weight excluding hydrogens is 282 g/mol. The van der Waals surface area contributed by atoms with Crippen molar-refractivity contribution in [1.82, 2.24) is 14.9 Å². The fourth-order valence-electron chi connectivity index (χ4n) is 2.02. The van der Waals surface area contributed by atoms with Crippen LogP contribution in [0.5, 0.6) is 0 Å². The lowest BCUT2D eigenvalue weighted by atomic mass is 10.2. The van der Waals surface area contributed by atoms with E-state index in [1.54, 1.807) is 11.2 Å². The summed E-state index contributed by atoms with van der Waals surface area (Å²) in [5.74, 6) is 0.482. The van der Waals surface area contributed by atoms with Gasteiger partial charge in [-0.05, 0) is 19.9 Å². The van der Waals surface area contributed by atoms with Gasteiger partial charge in [-0.25, -0.2) is 9.97 Å². The molecule has 0 aliphatic heterocycles. The van der Waals surface area contributed by atoms with Crippen LogP contribution in [-0.4, -0.2) is 39.6 Å². The Labute approximate surface area is 129 Å². The summed E-state index contributed by atoms with van der Waals surface area (Å²) in [6.07, 6.45) is 1.54. The number of amides is 1. The molecule has 1 heterocycles. The molecule has 0 atom stereocenters. The fraction of sp³-hybridized carbons (Fsp3) is 0.312. The highest BCUT2D eigenvalue weighted by atomic mass is 32.2. The van der Waals surface area contributed by atoms with Crippen LogP contribution < -0.4 is 0 Å². The molecule has 0 fully saturated rings. The number of carbonyl (C=O) groups excluding carboxylic acids is 1. The molecule has 1 aromatic carbocycles. The second kappa shape index (κ2) is 7.22. The number of hydrogen-bond donors (Lipinski definition) is 0. The summed E-state index contributed by atoms with van der Waals surface area (Å²) in [4.78, 5) is 22.6. The van der Waals surface area contributed by atoms with Crippen LogP contribution in [0.4, 0.5) is 0 Å². The summed E-state index contributed by atoms with van der Waals surface area (Å²) in [5.41, 5.74) is 1.89. The van der Waals surface area contributed by atoms with Crippen molar-refractivity contribution in [2.45, 2.75) is 18.9 Å². The van der Waals surface area contributed by atoms with Gasteiger partial charge < -0.3 is 4.90 Å². The van der Waals surface area contributed by atoms with Crippen molar-refractivity contribution < 1.29 is 4.79 Å². The van der Waals surface area contributed by atoms with Gasteiger partial charge in [0, 0.05) is 18.5 Å². The summed E-state index contributed by atoms with van der Waals surface area (Å²) in [6.45, 7) is 9.08. The van der Waals surface area contributed by atoms with E-state index in [2.05, 4.69) is 16.5 Å². The Bertz CT molecular complexity index is 652. The molecule has 0 N–H and O–H groups in total. The first kappa shape index (κ1) is 15.5. The van der Waals surface area contributed by atoms with Crippen LogP contribution in [-0.2, 0) is 4.79 Å². The summed E-state index contributed by atoms with van der Waals surface area (Å²) in [7, 11) is 0. The third-order valence-corrected chi connectivity index (χ3v) is 4.02. The summed E-state index contributed by atoms with van der Waals surface area (Å²) in [5, 5.41) is 1.83. The second-order valence-electron chi connectivity index (χ2n) is 4.85. The second-order valence-corrected chi connectivity index (χ2v) is 5.81. The molecule has 1 amide bonds. The molecule has 0 radical (unpaired) electrons. The van der Waals surface area contributed by atoms with E-state index >= 15 is 0 Å². The van der Waals surface area contributed by atoms with Crippen LogP contribution in [0.15, 0.2) is 47.8 Å². The molecule has 110 valence electrons. The van der Waals surface area contributed by atoms with Crippen molar-refractivity contribution in [1.29, 1.82) is 0 Å². The van der Waals surface area contributed by atoms with E-state index in [0.717, 1.165) is 21.5 Å². The Balaban J connectivity index is 2.07. The van der Waals surface area contributed by atoms with Crippen molar-refractivity contribution in [3.63, 3.8) is 0 Å². The standard InChI is InChI=1S/C16H19N3OS/c1-4-19(9-12(2)3)15(20)10-21-16-13-7-5-6-8-14(13)17-11-18-16/h5-8,11H,2,4,9-10H2,1,3H3. The summed E-state index contributed by atoms with van der Waals surface area (Å²) >= 11 is 1.46. The third-order valence-electron chi connectivity index (χ3n) is 3.03. The molecule has 0 aliphatic rings. The van der Waals surface area contributed by atoms with Crippen LogP contribution in [0.3, 0.4) is 0 Å². The average molecular weight is 301 g/mol. The van der Waals surface area contributed by atoms with E-state index in [0.29, 0.717) is 18.8 Å². The van der Waals surface area contributed by atoms with E-state index < -0.39 is 0 Å². The highest BCUT2D eigenvalue weighted by Gasteiger charge is 2.13. The van der Waals surface area contributed by atoms with Gasteiger partial charge >= 0.3 is 0 Å². The molecule has 0 saturated heterocycles. The number of benzene rings is 1. The highest BCUT2D eigenvalue weighted by Crippen LogP contribution is 2.24. The van der Waals surface area contributed by atoms with Crippen LogP contribution in [0.25, 0.3) is 10.9 Å². The van der Waals surface area contributed by atoms with E-state index in [1.807, 2.05) is 38.1 Å². The maximum atomic E-state index is 12.2. The van der Waals surface area contributed by atoms with Crippen molar-refractivity contribution in [3.8, 4) is 0 Å². The van der Waals surface area contributed by atoms with Crippen molar-refractivity contribution in [2.24, 2.45) is 0 Å². The normalized spacial score (nSPS) is 10.6. The maximum Gasteiger partial charge on any atom is 0.233 e. The number of likely N-dealkylation sites (N-methyl/N-ethyl adjacent to an activating group) is 1. The minimum Gasteiger partial charge on any atom is -0.338 e. The Hall–Kier alpha value is -1.88. The van der Waals surface area contributed by atoms with Gasteiger partial charge in [0.25, 0.3) is 0 Å². The van der Waals surface area contributed by atoms with Crippen LogP contribution in [0, 0.1) is 0 Å².